The Hall–Kier alpha value is -1.77. The van der Waals surface area contributed by atoms with Crippen molar-refractivity contribution in [3.8, 4) is 5.75 Å². The van der Waals surface area contributed by atoms with Crippen LogP contribution < -0.4 is 5.73 Å². The number of rotatable bonds is 4. The van der Waals surface area contributed by atoms with E-state index in [0.717, 1.165) is 6.07 Å². The van der Waals surface area contributed by atoms with Crippen molar-refractivity contribution >= 4 is 5.82 Å². The molecule has 1 aromatic rings. The topological polar surface area (TPSA) is 143 Å². The molecule has 0 aromatic carbocycles. The van der Waals surface area contributed by atoms with Crippen LogP contribution in [0, 0.1) is 10.1 Å². The van der Waals surface area contributed by atoms with E-state index in [9.17, 15) is 20.3 Å². The van der Waals surface area contributed by atoms with Crippen molar-refractivity contribution in [1.82, 2.24) is 4.98 Å². The van der Waals surface area contributed by atoms with Crippen molar-refractivity contribution < 1.29 is 20.2 Å². The summed E-state index contributed by atoms with van der Waals surface area (Å²) in [6.07, 6.45) is -2.69. The standard InChI is InChI=1S/C8H11N3O5/c9-3-6(13)7(14)4-1-2-5(12)8(10-4)11(15)16/h1-2,6-7,12-14H,3,9H2. The molecule has 0 saturated heterocycles. The van der Waals surface area contributed by atoms with Crippen LogP contribution >= 0.6 is 0 Å². The molecule has 1 rings (SSSR count). The van der Waals surface area contributed by atoms with Crippen LogP contribution in [0.15, 0.2) is 12.1 Å². The van der Waals surface area contributed by atoms with E-state index in [1.807, 2.05) is 0 Å². The number of nitrogens with zero attached hydrogens (tertiary/aromatic N) is 2. The van der Waals surface area contributed by atoms with Crippen LogP contribution in [0.2, 0.25) is 0 Å². The van der Waals surface area contributed by atoms with Gasteiger partial charge in [0, 0.05) is 6.54 Å². The van der Waals surface area contributed by atoms with E-state index in [0.29, 0.717) is 0 Å². The van der Waals surface area contributed by atoms with Gasteiger partial charge in [0.25, 0.3) is 0 Å². The van der Waals surface area contributed by atoms with E-state index in [-0.39, 0.29) is 12.2 Å². The quantitative estimate of drug-likeness (QED) is 0.385. The monoisotopic (exact) mass is 229 g/mol. The van der Waals surface area contributed by atoms with E-state index in [1.165, 1.54) is 6.07 Å². The number of hydrogen-bond acceptors (Lipinski definition) is 7. The molecule has 0 aliphatic rings. The van der Waals surface area contributed by atoms with Gasteiger partial charge >= 0.3 is 5.82 Å². The number of hydrogen-bond donors (Lipinski definition) is 4. The molecule has 1 heterocycles. The molecule has 1 aromatic heterocycles. The average Bonchev–Trinajstić information content (AvgIpc) is 2.27. The molecule has 0 radical (unpaired) electrons. The summed E-state index contributed by atoms with van der Waals surface area (Å²) in [4.78, 5) is 13.0. The lowest BCUT2D eigenvalue weighted by molar-refractivity contribution is -0.390. The molecule has 0 saturated carbocycles. The molecule has 0 bridgehead atoms. The molecule has 0 amide bonds. The summed E-state index contributed by atoms with van der Waals surface area (Å²) < 4.78 is 0. The van der Waals surface area contributed by atoms with Gasteiger partial charge in [-0.3, -0.25) is 0 Å². The summed E-state index contributed by atoms with van der Waals surface area (Å²) in [5.41, 5.74) is 4.99. The average molecular weight is 229 g/mol. The molecule has 2 unspecified atom stereocenters. The van der Waals surface area contributed by atoms with Crippen LogP contribution in [0.1, 0.15) is 11.8 Å². The number of nitrogens with two attached hydrogens (primary N) is 1. The highest BCUT2D eigenvalue weighted by Gasteiger charge is 2.25. The SMILES string of the molecule is NCC(O)C(O)c1ccc(O)c([N+](=O)[O-])n1. The highest BCUT2D eigenvalue weighted by Crippen LogP contribution is 2.25. The minimum Gasteiger partial charge on any atom is -0.501 e. The Kier molecular flexibility index (Phi) is 3.72. The molecular formula is C8H11N3O5. The molecule has 0 aliphatic heterocycles. The molecule has 88 valence electrons. The predicted octanol–water partition coefficient (Wildman–Crippen LogP) is -0.952. The maximum atomic E-state index is 10.5. The van der Waals surface area contributed by atoms with Crippen molar-refractivity contribution in [2.45, 2.75) is 12.2 Å². The maximum Gasteiger partial charge on any atom is 0.406 e. The zero-order valence-electron chi connectivity index (χ0n) is 8.15. The zero-order valence-corrected chi connectivity index (χ0v) is 8.15. The van der Waals surface area contributed by atoms with Gasteiger partial charge in [-0.25, -0.2) is 0 Å². The fourth-order valence-corrected chi connectivity index (χ4v) is 1.08. The first-order valence-electron chi connectivity index (χ1n) is 4.38. The van der Waals surface area contributed by atoms with Crippen molar-refractivity contribution in [2.24, 2.45) is 5.73 Å². The third-order valence-corrected chi connectivity index (χ3v) is 1.96. The van der Waals surface area contributed by atoms with Crippen LogP contribution in [0.25, 0.3) is 0 Å². The summed E-state index contributed by atoms with van der Waals surface area (Å²) in [6, 6.07) is 2.19. The molecule has 5 N–H and O–H groups in total. The second kappa shape index (κ2) is 4.84. The van der Waals surface area contributed by atoms with Crippen LogP contribution in [0.3, 0.4) is 0 Å². The Morgan fingerprint density at radius 2 is 2.12 bits per heavy atom. The zero-order chi connectivity index (χ0) is 12.3. The Morgan fingerprint density at radius 1 is 1.50 bits per heavy atom. The minimum absolute atomic E-state index is 0.123. The smallest absolute Gasteiger partial charge is 0.406 e. The van der Waals surface area contributed by atoms with Gasteiger partial charge in [0.15, 0.2) is 5.69 Å². The van der Waals surface area contributed by atoms with Gasteiger partial charge in [-0.2, -0.15) is 0 Å². The second-order valence-corrected chi connectivity index (χ2v) is 3.08. The summed E-state index contributed by atoms with van der Waals surface area (Å²) in [7, 11) is 0. The lowest BCUT2D eigenvalue weighted by atomic mass is 10.1. The van der Waals surface area contributed by atoms with E-state index in [4.69, 9.17) is 10.8 Å². The van der Waals surface area contributed by atoms with E-state index in [2.05, 4.69) is 4.98 Å². The maximum absolute atomic E-state index is 10.5. The molecule has 8 nitrogen and oxygen atoms in total. The molecule has 0 fully saturated rings. The summed E-state index contributed by atoms with van der Waals surface area (Å²) >= 11 is 0. The number of pyridine rings is 1. The van der Waals surface area contributed by atoms with Crippen LogP contribution in [0.5, 0.6) is 5.75 Å². The second-order valence-electron chi connectivity index (χ2n) is 3.08. The minimum atomic E-state index is -1.43. The van der Waals surface area contributed by atoms with Gasteiger partial charge < -0.3 is 31.2 Å². The first kappa shape index (κ1) is 12.3. The fourth-order valence-electron chi connectivity index (χ4n) is 1.08. The third-order valence-electron chi connectivity index (χ3n) is 1.96. The van der Waals surface area contributed by atoms with E-state index >= 15 is 0 Å². The van der Waals surface area contributed by atoms with Gasteiger partial charge in [-0.05, 0) is 22.0 Å². The molecule has 8 heteroatoms. The summed E-state index contributed by atoms with van der Waals surface area (Å²) in [5.74, 6) is -1.39. The van der Waals surface area contributed by atoms with Crippen LogP contribution in [-0.2, 0) is 0 Å². The summed E-state index contributed by atoms with van der Waals surface area (Å²) in [6.45, 7) is -0.211. The number of aromatic nitrogens is 1. The number of aliphatic hydroxyl groups excluding tert-OH is 2. The van der Waals surface area contributed by atoms with Crippen molar-refractivity contribution in [2.75, 3.05) is 6.54 Å². The van der Waals surface area contributed by atoms with E-state index < -0.39 is 28.7 Å². The van der Waals surface area contributed by atoms with Gasteiger partial charge in [0.2, 0.25) is 5.75 Å². The third kappa shape index (κ3) is 2.42. The first-order valence-corrected chi connectivity index (χ1v) is 4.38. The van der Waals surface area contributed by atoms with Crippen LogP contribution in [-0.4, -0.2) is 37.9 Å². The lowest BCUT2D eigenvalue weighted by Crippen LogP contribution is -2.27. The van der Waals surface area contributed by atoms with Crippen LogP contribution in [0.4, 0.5) is 5.82 Å². The Labute approximate surface area is 90.1 Å². The molecule has 16 heavy (non-hydrogen) atoms. The molecule has 0 aliphatic carbocycles. The summed E-state index contributed by atoms with van der Waals surface area (Å²) in [5, 5.41) is 38.3. The number of nitro groups is 1. The van der Waals surface area contributed by atoms with Gasteiger partial charge in [0.05, 0.1) is 0 Å². The Morgan fingerprint density at radius 3 is 2.62 bits per heavy atom. The highest BCUT2D eigenvalue weighted by atomic mass is 16.6. The predicted molar refractivity (Wildman–Crippen MR) is 52.6 cm³/mol. The van der Waals surface area contributed by atoms with E-state index in [1.54, 1.807) is 0 Å². The van der Waals surface area contributed by atoms with Gasteiger partial charge in [-0.15, -0.1) is 0 Å². The largest absolute Gasteiger partial charge is 0.501 e. The van der Waals surface area contributed by atoms with Gasteiger partial charge in [-0.1, -0.05) is 0 Å². The van der Waals surface area contributed by atoms with Crippen molar-refractivity contribution in [1.29, 1.82) is 0 Å². The molecule has 0 spiro atoms. The van der Waals surface area contributed by atoms with Crippen molar-refractivity contribution in [3.05, 3.63) is 27.9 Å². The van der Waals surface area contributed by atoms with Gasteiger partial charge in [0.1, 0.15) is 12.2 Å². The first-order chi connectivity index (χ1) is 7.47. The van der Waals surface area contributed by atoms with Crippen molar-refractivity contribution in [3.63, 3.8) is 0 Å². The number of aromatic hydroxyl groups is 1. The molecular weight excluding hydrogens is 218 g/mol. The lowest BCUT2D eigenvalue weighted by Gasteiger charge is -2.12. The number of aliphatic hydroxyl groups is 2. The Balaban J connectivity index is 3.07. The molecule has 2 atom stereocenters. The highest BCUT2D eigenvalue weighted by molar-refractivity contribution is 5.39. The normalized spacial score (nSPS) is 14.4. The Bertz CT molecular complexity index is 397. The fraction of sp³-hybridized carbons (Fsp3) is 0.375.